The number of esters is 1. The number of carbonyl (C=O) groups is 2. The molecule has 1 fully saturated rings. The molecule has 23 heavy (non-hydrogen) atoms. The number of amides is 1. The summed E-state index contributed by atoms with van der Waals surface area (Å²) in [6.45, 7) is 3.65. The molecule has 4 nitrogen and oxygen atoms in total. The number of alkyl halides is 3. The number of carbonyl (C=O) groups excluding carboxylic acids is 2. The highest BCUT2D eigenvalue weighted by Crippen LogP contribution is 2.30. The van der Waals surface area contributed by atoms with Gasteiger partial charge < -0.3 is 9.64 Å². The fourth-order valence-electron chi connectivity index (χ4n) is 2.48. The Kier molecular flexibility index (Phi) is 4.97. The van der Waals surface area contributed by atoms with Crippen LogP contribution in [0.5, 0.6) is 0 Å². The first-order valence-corrected chi connectivity index (χ1v) is 7.31. The Morgan fingerprint density at radius 2 is 2.09 bits per heavy atom. The van der Waals surface area contributed by atoms with Crippen LogP contribution in [0.1, 0.15) is 31.4 Å². The van der Waals surface area contributed by atoms with Crippen molar-refractivity contribution < 1.29 is 27.5 Å². The highest BCUT2D eigenvalue weighted by molar-refractivity contribution is 5.86. The number of nitrogens with zero attached hydrogens (tertiary/aromatic N) is 1. The maximum Gasteiger partial charge on any atom is 0.416 e. The number of likely N-dealkylation sites (tertiary alicyclic amines) is 1. The molecular weight excluding hydrogens is 311 g/mol. The SMILES string of the molecule is CC(C)OC(=O)C1CC(=O)N(Cc2cccc(C(F)(F)F)c2)C1. The fourth-order valence-corrected chi connectivity index (χ4v) is 2.48. The highest BCUT2D eigenvalue weighted by Gasteiger charge is 2.36. The van der Waals surface area contributed by atoms with Crippen molar-refractivity contribution in [3.05, 3.63) is 35.4 Å². The van der Waals surface area contributed by atoms with E-state index < -0.39 is 23.6 Å². The number of hydrogen-bond donors (Lipinski definition) is 0. The van der Waals surface area contributed by atoms with E-state index in [-0.39, 0.29) is 31.5 Å². The molecule has 0 radical (unpaired) electrons. The summed E-state index contributed by atoms with van der Waals surface area (Å²) in [6, 6.07) is 4.84. The molecule has 7 heteroatoms. The van der Waals surface area contributed by atoms with Gasteiger partial charge >= 0.3 is 12.1 Å². The zero-order valence-electron chi connectivity index (χ0n) is 12.9. The summed E-state index contributed by atoms with van der Waals surface area (Å²) in [5, 5.41) is 0. The Balaban J connectivity index is 2.04. The number of benzene rings is 1. The minimum atomic E-state index is -4.42. The van der Waals surface area contributed by atoms with Crippen molar-refractivity contribution in [3.8, 4) is 0 Å². The summed E-state index contributed by atoms with van der Waals surface area (Å²) in [7, 11) is 0. The summed E-state index contributed by atoms with van der Waals surface area (Å²) in [4.78, 5) is 25.2. The van der Waals surface area contributed by atoms with Crippen LogP contribution >= 0.6 is 0 Å². The monoisotopic (exact) mass is 329 g/mol. The van der Waals surface area contributed by atoms with Gasteiger partial charge in [0.25, 0.3) is 0 Å². The Hall–Kier alpha value is -2.05. The van der Waals surface area contributed by atoms with E-state index in [1.54, 1.807) is 13.8 Å². The van der Waals surface area contributed by atoms with Gasteiger partial charge in [-0.2, -0.15) is 13.2 Å². The average molecular weight is 329 g/mol. The predicted octanol–water partition coefficient (Wildman–Crippen LogP) is 3.01. The van der Waals surface area contributed by atoms with Crippen LogP contribution < -0.4 is 0 Å². The zero-order valence-corrected chi connectivity index (χ0v) is 12.9. The minimum absolute atomic E-state index is 0.0323. The van der Waals surface area contributed by atoms with Crippen LogP contribution in [0.2, 0.25) is 0 Å². The summed E-state index contributed by atoms with van der Waals surface area (Å²) in [5.74, 6) is -1.26. The Morgan fingerprint density at radius 1 is 1.39 bits per heavy atom. The first kappa shape index (κ1) is 17.3. The molecule has 1 unspecified atom stereocenters. The average Bonchev–Trinajstić information content (AvgIpc) is 2.79. The second-order valence-electron chi connectivity index (χ2n) is 5.86. The molecule has 1 aliphatic heterocycles. The number of ether oxygens (including phenoxy) is 1. The normalized spacial score (nSPS) is 18.6. The minimum Gasteiger partial charge on any atom is -0.463 e. The molecule has 0 bridgehead atoms. The van der Waals surface area contributed by atoms with E-state index in [2.05, 4.69) is 0 Å². The quantitative estimate of drug-likeness (QED) is 0.798. The zero-order chi connectivity index (χ0) is 17.2. The van der Waals surface area contributed by atoms with Gasteiger partial charge in [-0.15, -0.1) is 0 Å². The van der Waals surface area contributed by atoms with Gasteiger partial charge in [0.1, 0.15) is 0 Å². The lowest BCUT2D eigenvalue weighted by atomic mass is 10.1. The van der Waals surface area contributed by atoms with Crippen LogP contribution in [-0.4, -0.2) is 29.4 Å². The number of rotatable bonds is 4. The molecule has 0 aliphatic carbocycles. The van der Waals surface area contributed by atoms with E-state index in [0.717, 1.165) is 12.1 Å². The topological polar surface area (TPSA) is 46.6 Å². The Bertz CT molecular complexity index is 598. The van der Waals surface area contributed by atoms with Crippen LogP contribution in [0.4, 0.5) is 13.2 Å². The molecule has 0 saturated carbocycles. The lowest BCUT2D eigenvalue weighted by Gasteiger charge is -2.18. The van der Waals surface area contributed by atoms with Gasteiger partial charge in [-0.05, 0) is 31.5 Å². The van der Waals surface area contributed by atoms with Crippen molar-refractivity contribution in [2.24, 2.45) is 5.92 Å². The van der Waals surface area contributed by atoms with E-state index in [0.29, 0.717) is 5.56 Å². The standard InChI is InChI=1S/C16H18F3NO3/c1-10(2)23-15(22)12-7-14(21)20(9-12)8-11-4-3-5-13(6-11)16(17,18)19/h3-6,10,12H,7-9H2,1-2H3. The smallest absolute Gasteiger partial charge is 0.416 e. The third-order valence-electron chi connectivity index (χ3n) is 3.53. The first-order chi connectivity index (χ1) is 10.7. The van der Waals surface area contributed by atoms with E-state index in [1.165, 1.54) is 17.0 Å². The fraction of sp³-hybridized carbons (Fsp3) is 0.500. The molecule has 126 valence electrons. The molecule has 1 heterocycles. The van der Waals surface area contributed by atoms with E-state index in [4.69, 9.17) is 4.74 Å². The maximum absolute atomic E-state index is 12.7. The Labute approximate surface area is 132 Å². The molecule has 1 aliphatic rings. The molecule has 1 atom stereocenters. The van der Waals surface area contributed by atoms with Crippen molar-refractivity contribution in [2.45, 2.75) is 39.1 Å². The van der Waals surface area contributed by atoms with Crippen LogP contribution in [0.15, 0.2) is 24.3 Å². The molecule has 1 amide bonds. The molecule has 2 rings (SSSR count). The van der Waals surface area contributed by atoms with Gasteiger partial charge in [0.05, 0.1) is 17.6 Å². The molecule has 0 spiro atoms. The van der Waals surface area contributed by atoms with Crippen molar-refractivity contribution in [1.82, 2.24) is 4.90 Å². The van der Waals surface area contributed by atoms with Gasteiger partial charge in [0.15, 0.2) is 0 Å². The largest absolute Gasteiger partial charge is 0.463 e. The summed E-state index contributed by atoms with van der Waals surface area (Å²) < 4.78 is 43.2. The van der Waals surface area contributed by atoms with Crippen molar-refractivity contribution >= 4 is 11.9 Å². The molecule has 0 N–H and O–H groups in total. The van der Waals surface area contributed by atoms with Crippen molar-refractivity contribution in [3.63, 3.8) is 0 Å². The van der Waals surface area contributed by atoms with E-state index in [1.807, 2.05) is 0 Å². The number of hydrogen-bond acceptors (Lipinski definition) is 3. The van der Waals surface area contributed by atoms with Gasteiger partial charge in [-0.3, -0.25) is 9.59 Å². The molecule has 1 aromatic carbocycles. The molecular formula is C16H18F3NO3. The highest BCUT2D eigenvalue weighted by atomic mass is 19.4. The molecule has 0 aromatic heterocycles. The third kappa shape index (κ3) is 4.46. The third-order valence-corrected chi connectivity index (χ3v) is 3.53. The van der Waals surface area contributed by atoms with Gasteiger partial charge in [-0.1, -0.05) is 12.1 Å². The van der Waals surface area contributed by atoms with Gasteiger partial charge in [-0.25, -0.2) is 0 Å². The van der Waals surface area contributed by atoms with Crippen LogP contribution in [0.25, 0.3) is 0 Å². The van der Waals surface area contributed by atoms with E-state index >= 15 is 0 Å². The van der Waals surface area contributed by atoms with Gasteiger partial charge in [0, 0.05) is 19.5 Å². The summed E-state index contributed by atoms with van der Waals surface area (Å²) in [5.41, 5.74) is -0.372. The van der Waals surface area contributed by atoms with Crippen molar-refractivity contribution in [1.29, 1.82) is 0 Å². The van der Waals surface area contributed by atoms with Crippen LogP contribution in [0, 0.1) is 5.92 Å². The first-order valence-electron chi connectivity index (χ1n) is 7.31. The number of halogens is 3. The lowest BCUT2D eigenvalue weighted by Crippen LogP contribution is -2.27. The summed E-state index contributed by atoms with van der Waals surface area (Å²) in [6.07, 6.45) is -4.66. The maximum atomic E-state index is 12.7. The molecule has 1 aromatic rings. The second kappa shape index (κ2) is 6.60. The lowest BCUT2D eigenvalue weighted by molar-refractivity contribution is -0.152. The summed E-state index contributed by atoms with van der Waals surface area (Å²) >= 11 is 0. The van der Waals surface area contributed by atoms with Gasteiger partial charge in [0.2, 0.25) is 5.91 Å². The van der Waals surface area contributed by atoms with Crippen molar-refractivity contribution in [2.75, 3.05) is 6.54 Å². The van der Waals surface area contributed by atoms with E-state index in [9.17, 15) is 22.8 Å². The second-order valence-corrected chi connectivity index (χ2v) is 5.86. The van der Waals surface area contributed by atoms with Crippen LogP contribution in [0.3, 0.4) is 0 Å². The Morgan fingerprint density at radius 3 is 2.70 bits per heavy atom. The molecule has 1 saturated heterocycles. The predicted molar refractivity (Wildman–Crippen MR) is 76.2 cm³/mol. The van der Waals surface area contributed by atoms with Crippen LogP contribution in [-0.2, 0) is 27.0 Å².